The molecule has 39 heavy (non-hydrogen) atoms. The van der Waals surface area contributed by atoms with Crippen LogP contribution >= 0.6 is 23.5 Å². The van der Waals surface area contributed by atoms with Crippen molar-refractivity contribution in [3.63, 3.8) is 0 Å². The molecule has 2 aromatic rings. The third-order valence-electron chi connectivity index (χ3n) is 7.96. The lowest BCUT2D eigenvalue weighted by Crippen LogP contribution is -2.42. The summed E-state index contributed by atoms with van der Waals surface area (Å²) in [6.07, 6.45) is 13.2. The second kappa shape index (κ2) is 17.0. The number of benzene rings is 2. The molecule has 2 aromatic carbocycles. The Labute approximate surface area is 244 Å². The number of carbonyl (C=O) groups is 2. The fraction of sp³-hybridized carbons (Fsp3) is 0.576. The van der Waals surface area contributed by atoms with Gasteiger partial charge >= 0.3 is 5.97 Å². The Morgan fingerprint density at radius 3 is 2.51 bits per heavy atom. The molecule has 6 heteroatoms. The number of hydrogen-bond donors (Lipinski definition) is 1. The molecule has 0 saturated heterocycles. The molecule has 214 valence electrons. The summed E-state index contributed by atoms with van der Waals surface area (Å²) in [7, 11) is 1.37. The average molecular weight is 570 g/mol. The third-order valence-corrected chi connectivity index (χ3v) is 9.71. The van der Waals surface area contributed by atoms with E-state index in [0.717, 1.165) is 40.5 Å². The number of thioether (sulfide) groups is 2. The zero-order valence-corrected chi connectivity index (χ0v) is 25.9. The lowest BCUT2D eigenvalue weighted by molar-refractivity contribution is -0.142. The molecule has 4 nitrogen and oxygen atoms in total. The molecule has 0 aromatic heterocycles. The quantitative estimate of drug-likeness (QED) is 0.221. The standard InChI is InChI=1S/C33H47NO3S2/c1-5-39-23-27(16-15-25-12-7-6-8-13-25)21-26-17-18-29(30(22-26)28-14-10-9-11-24(28)2)32(35)34-31(19-20-38-4)33(36)37-3/h9-11,14,17-18,22,25,27,31H,5-8,12-13,15-16,19-21,23H2,1-4H3,(H,34,35)/t27?,31-/m0/s1. The maximum atomic E-state index is 13.6. The Balaban J connectivity index is 1.86. The maximum Gasteiger partial charge on any atom is 0.328 e. The van der Waals surface area contributed by atoms with Gasteiger partial charge in [0.2, 0.25) is 0 Å². The van der Waals surface area contributed by atoms with Gasteiger partial charge in [-0.05, 0) is 89.9 Å². The summed E-state index contributed by atoms with van der Waals surface area (Å²) >= 11 is 3.69. The summed E-state index contributed by atoms with van der Waals surface area (Å²) < 4.78 is 4.98. The van der Waals surface area contributed by atoms with Gasteiger partial charge in [-0.25, -0.2) is 4.79 Å². The minimum Gasteiger partial charge on any atom is -0.467 e. The van der Waals surface area contributed by atoms with Crippen LogP contribution in [0.15, 0.2) is 42.5 Å². The highest BCUT2D eigenvalue weighted by molar-refractivity contribution is 7.99. The van der Waals surface area contributed by atoms with Crippen molar-refractivity contribution in [2.24, 2.45) is 11.8 Å². The lowest BCUT2D eigenvalue weighted by atomic mass is 9.83. The van der Waals surface area contributed by atoms with Crippen molar-refractivity contribution < 1.29 is 14.3 Å². The monoisotopic (exact) mass is 569 g/mol. The number of rotatable bonds is 15. The van der Waals surface area contributed by atoms with E-state index in [4.69, 9.17) is 4.74 Å². The van der Waals surface area contributed by atoms with Crippen LogP contribution in [0.1, 0.15) is 79.8 Å². The second-order valence-corrected chi connectivity index (χ2v) is 13.1. The predicted molar refractivity (Wildman–Crippen MR) is 169 cm³/mol. The summed E-state index contributed by atoms with van der Waals surface area (Å²) in [6.45, 7) is 4.33. The molecule has 1 fully saturated rings. The van der Waals surface area contributed by atoms with Crippen LogP contribution in [0.5, 0.6) is 0 Å². The zero-order chi connectivity index (χ0) is 28.0. The van der Waals surface area contributed by atoms with E-state index in [9.17, 15) is 9.59 Å². The summed E-state index contributed by atoms with van der Waals surface area (Å²) in [4.78, 5) is 26.0. The largest absolute Gasteiger partial charge is 0.467 e. The Bertz CT molecular complexity index is 1050. The van der Waals surface area contributed by atoms with Crippen molar-refractivity contribution in [3.8, 4) is 11.1 Å². The second-order valence-electron chi connectivity index (χ2n) is 10.8. The highest BCUT2D eigenvalue weighted by Crippen LogP contribution is 2.32. The summed E-state index contributed by atoms with van der Waals surface area (Å²) in [6, 6.07) is 13.9. The van der Waals surface area contributed by atoms with Gasteiger partial charge in [-0.2, -0.15) is 23.5 Å². The summed E-state index contributed by atoms with van der Waals surface area (Å²) in [5.41, 5.74) is 5.01. The van der Waals surface area contributed by atoms with Gasteiger partial charge in [0.15, 0.2) is 0 Å². The smallest absolute Gasteiger partial charge is 0.328 e. The predicted octanol–water partition coefficient (Wildman–Crippen LogP) is 7.96. The first-order chi connectivity index (χ1) is 19.0. The van der Waals surface area contributed by atoms with Gasteiger partial charge in [-0.1, -0.05) is 81.8 Å². The van der Waals surface area contributed by atoms with Crippen LogP contribution in [0.25, 0.3) is 11.1 Å². The van der Waals surface area contributed by atoms with E-state index in [1.54, 1.807) is 11.8 Å². The van der Waals surface area contributed by atoms with Gasteiger partial charge in [0.05, 0.1) is 7.11 Å². The fourth-order valence-corrected chi connectivity index (χ4v) is 7.01. The van der Waals surface area contributed by atoms with E-state index in [-0.39, 0.29) is 5.91 Å². The van der Waals surface area contributed by atoms with Crippen LogP contribution in [0.4, 0.5) is 0 Å². The Kier molecular flexibility index (Phi) is 13.8. The number of aryl methyl sites for hydroxylation is 1. The molecule has 1 N–H and O–H groups in total. The van der Waals surface area contributed by atoms with Gasteiger partial charge in [0, 0.05) is 5.56 Å². The molecule has 0 aliphatic heterocycles. The minimum atomic E-state index is -0.658. The van der Waals surface area contributed by atoms with Crippen LogP contribution in [0, 0.1) is 18.8 Å². The van der Waals surface area contributed by atoms with Crippen molar-refractivity contribution in [2.45, 2.75) is 77.7 Å². The summed E-state index contributed by atoms with van der Waals surface area (Å²) in [5, 5.41) is 2.96. The van der Waals surface area contributed by atoms with Gasteiger partial charge < -0.3 is 10.1 Å². The van der Waals surface area contributed by atoms with Crippen LogP contribution in [0.2, 0.25) is 0 Å². The molecule has 0 heterocycles. The molecule has 3 rings (SSSR count). The highest BCUT2D eigenvalue weighted by Gasteiger charge is 2.24. The van der Waals surface area contributed by atoms with E-state index < -0.39 is 12.0 Å². The Morgan fingerprint density at radius 1 is 1.05 bits per heavy atom. The fourth-order valence-electron chi connectivity index (χ4n) is 5.69. The number of amides is 1. The first kappa shape index (κ1) is 31.6. The van der Waals surface area contributed by atoms with E-state index in [0.29, 0.717) is 17.9 Å². The number of hydrogen-bond acceptors (Lipinski definition) is 5. The lowest BCUT2D eigenvalue weighted by Gasteiger charge is -2.24. The molecular formula is C33H47NO3S2. The number of ether oxygens (including phenoxy) is 1. The van der Waals surface area contributed by atoms with Crippen molar-refractivity contribution in [3.05, 3.63) is 59.2 Å². The minimum absolute atomic E-state index is 0.230. The van der Waals surface area contributed by atoms with Crippen LogP contribution < -0.4 is 5.32 Å². The van der Waals surface area contributed by atoms with Gasteiger partial charge in [0.25, 0.3) is 5.91 Å². The molecule has 1 amide bonds. The maximum absolute atomic E-state index is 13.6. The average Bonchev–Trinajstić information content (AvgIpc) is 2.96. The van der Waals surface area contributed by atoms with Crippen LogP contribution in [0.3, 0.4) is 0 Å². The van der Waals surface area contributed by atoms with Crippen LogP contribution in [-0.4, -0.2) is 48.5 Å². The van der Waals surface area contributed by atoms with E-state index in [2.05, 4.69) is 43.4 Å². The SMILES string of the molecule is CCSCC(CCC1CCCCC1)Cc1ccc(C(=O)N[C@@H](CCSC)C(=O)OC)c(-c2ccccc2C)c1. The molecule has 1 aliphatic rings. The highest BCUT2D eigenvalue weighted by atomic mass is 32.2. The molecule has 0 bridgehead atoms. The Morgan fingerprint density at radius 2 is 1.82 bits per heavy atom. The number of nitrogens with one attached hydrogen (secondary N) is 1. The molecule has 1 aliphatic carbocycles. The molecule has 2 atom stereocenters. The van der Waals surface area contributed by atoms with E-state index in [1.165, 1.54) is 63.4 Å². The van der Waals surface area contributed by atoms with Crippen molar-refractivity contribution in [2.75, 3.05) is 30.6 Å². The van der Waals surface area contributed by atoms with Crippen molar-refractivity contribution in [1.29, 1.82) is 0 Å². The van der Waals surface area contributed by atoms with E-state index >= 15 is 0 Å². The molecule has 0 radical (unpaired) electrons. The normalized spacial score (nSPS) is 15.5. The first-order valence-electron chi connectivity index (χ1n) is 14.6. The summed E-state index contributed by atoms with van der Waals surface area (Å²) in [5.74, 6) is 3.99. The van der Waals surface area contributed by atoms with Gasteiger partial charge in [-0.3, -0.25) is 4.79 Å². The molecule has 1 unspecified atom stereocenters. The molecule has 0 spiro atoms. The Hall–Kier alpha value is -1.92. The molecular weight excluding hydrogens is 523 g/mol. The van der Waals surface area contributed by atoms with Gasteiger partial charge in [-0.15, -0.1) is 0 Å². The van der Waals surface area contributed by atoms with E-state index in [1.807, 2.05) is 36.2 Å². The topological polar surface area (TPSA) is 55.4 Å². The first-order valence-corrected chi connectivity index (χ1v) is 17.2. The number of methoxy groups -OCH3 is 1. The molecule has 1 saturated carbocycles. The number of esters is 1. The van der Waals surface area contributed by atoms with Gasteiger partial charge in [0.1, 0.15) is 6.04 Å². The van der Waals surface area contributed by atoms with Crippen molar-refractivity contribution in [1.82, 2.24) is 5.32 Å². The number of carbonyl (C=O) groups excluding carboxylic acids is 2. The van der Waals surface area contributed by atoms with Crippen molar-refractivity contribution >= 4 is 35.4 Å². The van der Waals surface area contributed by atoms with Crippen LogP contribution in [-0.2, 0) is 16.0 Å². The zero-order valence-electron chi connectivity index (χ0n) is 24.3. The third kappa shape index (κ3) is 9.89.